The maximum absolute atomic E-state index is 12.3. The van der Waals surface area contributed by atoms with Crippen LogP contribution >= 0.6 is 0 Å². The summed E-state index contributed by atoms with van der Waals surface area (Å²) in [5.41, 5.74) is 0.0902. The van der Waals surface area contributed by atoms with Crippen molar-refractivity contribution in [3.05, 3.63) is 44.2 Å². The molecule has 114 valence electrons. The molecule has 0 aliphatic heterocycles. The Labute approximate surface area is 123 Å². The molecule has 3 rings (SSSR count). The van der Waals surface area contributed by atoms with Crippen LogP contribution in [-0.4, -0.2) is 20.8 Å². The van der Waals surface area contributed by atoms with Crippen molar-refractivity contribution in [2.24, 2.45) is 0 Å². The molecule has 1 N–H and O–H groups in total. The van der Waals surface area contributed by atoms with E-state index in [0.29, 0.717) is 11.1 Å². The Kier molecular flexibility index (Phi) is 3.09. The van der Waals surface area contributed by atoms with Crippen LogP contribution in [0.25, 0.3) is 10.9 Å². The summed E-state index contributed by atoms with van der Waals surface area (Å²) in [6, 6.07) is 2.86. The van der Waals surface area contributed by atoms with E-state index >= 15 is 0 Å². The predicted octanol–water partition coefficient (Wildman–Crippen LogP) is 2.61. The van der Waals surface area contributed by atoms with Gasteiger partial charge in [-0.1, -0.05) is 0 Å². The fraction of sp³-hybridized carbons (Fsp3) is 0.286. The normalized spacial score (nSPS) is 14.0. The first kappa shape index (κ1) is 14.1. The number of hydrogen-bond acceptors (Lipinski definition) is 5. The highest BCUT2D eigenvalue weighted by atomic mass is 16.7. The summed E-state index contributed by atoms with van der Waals surface area (Å²) in [7, 11) is 0. The Morgan fingerprint density at radius 3 is 2.68 bits per heavy atom. The number of pyridine rings is 1. The minimum Gasteiger partial charge on any atom is -0.449 e. The van der Waals surface area contributed by atoms with Crippen molar-refractivity contribution >= 4 is 22.7 Å². The third-order valence-electron chi connectivity index (χ3n) is 3.65. The van der Waals surface area contributed by atoms with Crippen LogP contribution in [0, 0.1) is 17.0 Å². The molecule has 1 aromatic heterocycles. The smallest absolute Gasteiger partial charge is 0.449 e. The van der Waals surface area contributed by atoms with Gasteiger partial charge in [0.15, 0.2) is 5.75 Å². The molecule has 0 bridgehead atoms. The van der Waals surface area contributed by atoms with Gasteiger partial charge in [-0.3, -0.25) is 14.9 Å². The molecular formula is C14H12N2O6. The van der Waals surface area contributed by atoms with Crippen LogP contribution in [0.4, 0.5) is 10.5 Å². The number of ether oxygens (including phenoxy) is 1. The molecule has 0 radical (unpaired) electrons. The molecule has 1 heterocycles. The van der Waals surface area contributed by atoms with Gasteiger partial charge in [-0.2, -0.15) is 0 Å². The SMILES string of the molecule is Cc1cc2c(=O)c(OC(=O)O)cn(C3CC3)c2cc1[N+](=O)[O-]. The van der Waals surface area contributed by atoms with E-state index in [4.69, 9.17) is 5.11 Å². The second-order valence-electron chi connectivity index (χ2n) is 5.24. The highest BCUT2D eigenvalue weighted by molar-refractivity contribution is 5.84. The van der Waals surface area contributed by atoms with Crippen LogP contribution in [0.5, 0.6) is 5.75 Å². The molecule has 8 heteroatoms. The van der Waals surface area contributed by atoms with Crippen molar-refractivity contribution in [1.82, 2.24) is 4.57 Å². The van der Waals surface area contributed by atoms with Gasteiger partial charge in [0, 0.05) is 17.7 Å². The first-order valence-corrected chi connectivity index (χ1v) is 6.63. The van der Waals surface area contributed by atoms with Crippen LogP contribution in [0.1, 0.15) is 24.4 Å². The molecule has 0 atom stereocenters. The van der Waals surface area contributed by atoms with Gasteiger partial charge in [-0.15, -0.1) is 0 Å². The molecule has 0 amide bonds. The van der Waals surface area contributed by atoms with Crippen LogP contribution in [0.2, 0.25) is 0 Å². The molecular weight excluding hydrogens is 292 g/mol. The van der Waals surface area contributed by atoms with Gasteiger partial charge in [-0.05, 0) is 25.8 Å². The highest BCUT2D eigenvalue weighted by Gasteiger charge is 2.27. The molecule has 1 aliphatic carbocycles. The number of fused-ring (bicyclic) bond motifs is 1. The van der Waals surface area contributed by atoms with Gasteiger partial charge < -0.3 is 14.4 Å². The van der Waals surface area contributed by atoms with E-state index in [1.165, 1.54) is 25.3 Å². The number of carboxylic acid groups (broad SMARTS) is 1. The largest absolute Gasteiger partial charge is 0.511 e. The summed E-state index contributed by atoms with van der Waals surface area (Å²) in [5, 5.41) is 20.0. The van der Waals surface area contributed by atoms with Gasteiger partial charge in [0.05, 0.1) is 22.0 Å². The third-order valence-corrected chi connectivity index (χ3v) is 3.65. The lowest BCUT2D eigenvalue weighted by Crippen LogP contribution is -2.16. The summed E-state index contributed by atoms with van der Waals surface area (Å²) >= 11 is 0. The number of benzene rings is 1. The molecule has 22 heavy (non-hydrogen) atoms. The molecule has 8 nitrogen and oxygen atoms in total. The fourth-order valence-electron chi connectivity index (χ4n) is 2.49. The molecule has 1 aromatic carbocycles. The lowest BCUT2D eigenvalue weighted by atomic mass is 10.1. The van der Waals surface area contributed by atoms with Crippen molar-refractivity contribution < 1.29 is 19.6 Å². The maximum atomic E-state index is 12.3. The molecule has 1 fully saturated rings. The monoisotopic (exact) mass is 304 g/mol. The number of nitro benzene ring substituents is 1. The molecule has 1 saturated carbocycles. The van der Waals surface area contributed by atoms with Gasteiger partial charge in [-0.25, -0.2) is 4.79 Å². The maximum Gasteiger partial charge on any atom is 0.511 e. The number of carbonyl (C=O) groups is 1. The second kappa shape index (κ2) is 4.83. The Morgan fingerprint density at radius 1 is 1.45 bits per heavy atom. The average molecular weight is 304 g/mol. The van der Waals surface area contributed by atoms with Crippen molar-refractivity contribution in [2.45, 2.75) is 25.8 Å². The minimum absolute atomic E-state index is 0.0757. The number of hydrogen-bond donors (Lipinski definition) is 1. The zero-order chi connectivity index (χ0) is 16.0. The Balaban J connectivity index is 2.34. The van der Waals surface area contributed by atoms with Crippen molar-refractivity contribution in [3.63, 3.8) is 0 Å². The van der Waals surface area contributed by atoms with Gasteiger partial charge in [0.1, 0.15) is 0 Å². The molecule has 0 unspecified atom stereocenters. The Bertz CT molecular complexity index is 866. The van der Waals surface area contributed by atoms with Crippen LogP contribution in [-0.2, 0) is 0 Å². The molecule has 0 spiro atoms. The Hall–Kier alpha value is -2.90. The quantitative estimate of drug-likeness (QED) is 0.530. The summed E-state index contributed by atoms with van der Waals surface area (Å²) in [6.45, 7) is 1.53. The average Bonchev–Trinajstić information content (AvgIpc) is 3.25. The van der Waals surface area contributed by atoms with Gasteiger partial charge in [0.25, 0.3) is 5.69 Å². The fourth-order valence-corrected chi connectivity index (χ4v) is 2.49. The highest BCUT2D eigenvalue weighted by Crippen LogP contribution is 2.38. The van der Waals surface area contributed by atoms with E-state index in [0.717, 1.165) is 12.8 Å². The van der Waals surface area contributed by atoms with E-state index in [1.54, 1.807) is 4.57 Å². The van der Waals surface area contributed by atoms with E-state index in [-0.39, 0.29) is 22.9 Å². The van der Waals surface area contributed by atoms with Crippen molar-refractivity contribution in [3.8, 4) is 5.75 Å². The summed E-state index contributed by atoms with van der Waals surface area (Å²) in [5.74, 6) is -0.292. The first-order valence-electron chi connectivity index (χ1n) is 6.63. The zero-order valence-corrected chi connectivity index (χ0v) is 11.6. The third kappa shape index (κ3) is 2.28. The van der Waals surface area contributed by atoms with Crippen molar-refractivity contribution in [2.75, 3.05) is 0 Å². The lowest BCUT2D eigenvalue weighted by Gasteiger charge is -2.12. The van der Waals surface area contributed by atoms with E-state index in [2.05, 4.69) is 4.74 Å². The molecule has 1 aliphatic rings. The standard InChI is InChI=1S/C14H12N2O6/c1-7-4-9-11(5-10(7)16(20)21)15(8-2-3-8)6-12(13(9)17)22-14(18)19/h4-6,8H,2-3H2,1H3,(H,18,19). The van der Waals surface area contributed by atoms with Crippen LogP contribution in [0.15, 0.2) is 23.1 Å². The topological polar surface area (TPSA) is 112 Å². The van der Waals surface area contributed by atoms with Gasteiger partial charge in [0.2, 0.25) is 5.43 Å². The minimum atomic E-state index is -1.57. The number of aryl methyl sites for hydroxylation is 1. The van der Waals surface area contributed by atoms with E-state index in [9.17, 15) is 19.7 Å². The lowest BCUT2D eigenvalue weighted by molar-refractivity contribution is -0.385. The molecule has 2 aromatic rings. The summed E-state index contributed by atoms with van der Waals surface area (Å²) < 4.78 is 6.22. The molecule has 0 saturated heterocycles. The number of aromatic nitrogens is 1. The zero-order valence-electron chi connectivity index (χ0n) is 11.6. The number of rotatable bonds is 3. The summed E-state index contributed by atoms with van der Waals surface area (Å²) in [6.07, 6.45) is 1.48. The van der Waals surface area contributed by atoms with Crippen molar-refractivity contribution in [1.29, 1.82) is 0 Å². The van der Waals surface area contributed by atoms with E-state index in [1.807, 2.05) is 0 Å². The number of nitro groups is 1. The number of nitrogens with zero attached hydrogens (tertiary/aromatic N) is 2. The second-order valence-corrected chi connectivity index (χ2v) is 5.24. The predicted molar refractivity (Wildman–Crippen MR) is 76.5 cm³/mol. The van der Waals surface area contributed by atoms with Crippen LogP contribution in [0.3, 0.4) is 0 Å². The van der Waals surface area contributed by atoms with Crippen LogP contribution < -0.4 is 10.2 Å². The summed E-state index contributed by atoms with van der Waals surface area (Å²) in [4.78, 5) is 33.6. The first-order chi connectivity index (χ1) is 10.4. The van der Waals surface area contributed by atoms with E-state index < -0.39 is 16.5 Å². The Morgan fingerprint density at radius 2 is 2.14 bits per heavy atom. The van der Waals surface area contributed by atoms with Gasteiger partial charge >= 0.3 is 6.16 Å².